The van der Waals surface area contributed by atoms with E-state index in [1.807, 2.05) is 0 Å². The molecule has 0 aliphatic rings. The van der Waals surface area contributed by atoms with E-state index in [9.17, 15) is 13.6 Å². The summed E-state index contributed by atoms with van der Waals surface area (Å²) in [6, 6.07) is 6.05. The number of hydrogen-bond donors (Lipinski definition) is 0. The van der Waals surface area contributed by atoms with Crippen LogP contribution < -0.4 is 4.74 Å². The normalized spacial score (nSPS) is 10.9. The summed E-state index contributed by atoms with van der Waals surface area (Å²) in [7, 11) is 1.66. The molecule has 0 unspecified atom stereocenters. The second kappa shape index (κ2) is 7.07. The van der Waals surface area contributed by atoms with Gasteiger partial charge in [0, 0.05) is 13.6 Å². The van der Waals surface area contributed by atoms with Gasteiger partial charge in [-0.15, -0.1) is 0 Å². The minimum atomic E-state index is -2.94. The number of ether oxygens (including phenoxy) is 1. The molecule has 5 heteroatoms. The van der Waals surface area contributed by atoms with E-state index in [0.29, 0.717) is 12.5 Å². The van der Waals surface area contributed by atoms with Gasteiger partial charge in [0.25, 0.3) is 5.91 Å². The minimum Gasteiger partial charge on any atom is -0.434 e. The molecule has 0 aliphatic carbocycles. The number of carbonyl (C=O) groups is 1. The molecule has 19 heavy (non-hydrogen) atoms. The van der Waals surface area contributed by atoms with Crippen molar-refractivity contribution in [1.29, 1.82) is 0 Å². The van der Waals surface area contributed by atoms with Crippen LogP contribution in [0, 0.1) is 5.92 Å². The molecule has 0 fully saturated rings. The second-order valence-corrected chi connectivity index (χ2v) is 4.78. The van der Waals surface area contributed by atoms with Crippen LogP contribution in [0.1, 0.15) is 30.6 Å². The Hall–Kier alpha value is -1.65. The first kappa shape index (κ1) is 15.4. The Labute approximate surface area is 112 Å². The maximum absolute atomic E-state index is 12.3. The molecule has 0 spiro atoms. The Morgan fingerprint density at radius 1 is 1.32 bits per heavy atom. The van der Waals surface area contributed by atoms with Gasteiger partial charge in [-0.2, -0.15) is 8.78 Å². The highest BCUT2D eigenvalue weighted by atomic mass is 19.3. The van der Waals surface area contributed by atoms with Gasteiger partial charge in [0.05, 0.1) is 5.56 Å². The zero-order valence-electron chi connectivity index (χ0n) is 11.4. The van der Waals surface area contributed by atoms with Crippen molar-refractivity contribution >= 4 is 5.91 Å². The number of alkyl halides is 2. The van der Waals surface area contributed by atoms with Gasteiger partial charge in [-0.3, -0.25) is 4.79 Å². The smallest absolute Gasteiger partial charge is 0.387 e. The summed E-state index contributed by atoms with van der Waals surface area (Å²) in [5.74, 6) is 0.0820. The number of benzene rings is 1. The van der Waals surface area contributed by atoms with E-state index in [1.54, 1.807) is 19.2 Å². The van der Waals surface area contributed by atoms with Crippen molar-refractivity contribution in [3.05, 3.63) is 29.8 Å². The van der Waals surface area contributed by atoms with Crippen molar-refractivity contribution in [2.24, 2.45) is 5.92 Å². The average molecular weight is 271 g/mol. The molecule has 1 aromatic rings. The molecule has 0 N–H and O–H groups in total. The fourth-order valence-electron chi connectivity index (χ4n) is 1.60. The molecule has 0 aromatic heterocycles. The Morgan fingerprint density at radius 3 is 2.53 bits per heavy atom. The molecule has 106 valence electrons. The van der Waals surface area contributed by atoms with Gasteiger partial charge in [0.15, 0.2) is 0 Å². The van der Waals surface area contributed by atoms with Gasteiger partial charge >= 0.3 is 6.61 Å². The minimum absolute atomic E-state index is 0.0844. The van der Waals surface area contributed by atoms with Crippen molar-refractivity contribution in [2.45, 2.75) is 26.9 Å². The molecular weight excluding hydrogens is 252 g/mol. The van der Waals surface area contributed by atoms with Crippen LogP contribution >= 0.6 is 0 Å². The monoisotopic (exact) mass is 271 g/mol. The van der Waals surface area contributed by atoms with Crippen LogP contribution in [-0.4, -0.2) is 31.0 Å². The molecule has 0 heterocycles. The standard InChI is InChI=1S/C14H19F2NO2/c1-10(2)8-9-17(3)13(18)11-6-4-5-7-12(11)19-14(15)16/h4-7,10,14H,8-9H2,1-3H3. The van der Waals surface area contributed by atoms with Crippen molar-refractivity contribution in [3.63, 3.8) is 0 Å². The third-order valence-electron chi connectivity index (χ3n) is 2.72. The molecule has 1 rings (SSSR count). The Kier molecular flexibility index (Phi) is 5.73. The maximum atomic E-state index is 12.3. The first-order valence-corrected chi connectivity index (χ1v) is 6.21. The Bertz CT molecular complexity index is 422. The lowest BCUT2D eigenvalue weighted by atomic mass is 10.1. The number of para-hydroxylation sites is 1. The highest BCUT2D eigenvalue weighted by molar-refractivity contribution is 5.96. The van der Waals surface area contributed by atoms with Crippen LogP contribution in [0.5, 0.6) is 5.75 Å². The van der Waals surface area contributed by atoms with Gasteiger partial charge < -0.3 is 9.64 Å². The van der Waals surface area contributed by atoms with Gasteiger partial charge in [-0.1, -0.05) is 26.0 Å². The van der Waals surface area contributed by atoms with Gasteiger partial charge in [-0.05, 0) is 24.5 Å². The molecule has 1 aromatic carbocycles. The summed E-state index contributed by atoms with van der Waals surface area (Å²) in [5, 5.41) is 0. The zero-order chi connectivity index (χ0) is 14.4. The molecule has 0 atom stereocenters. The summed E-state index contributed by atoms with van der Waals surface area (Å²) < 4.78 is 28.9. The van der Waals surface area contributed by atoms with E-state index < -0.39 is 6.61 Å². The number of carbonyl (C=O) groups excluding carboxylic acids is 1. The SMILES string of the molecule is CC(C)CCN(C)C(=O)c1ccccc1OC(F)F. The summed E-state index contributed by atoms with van der Waals surface area (Å²) in [5.41, 5.74) is 0.161. The third-order valence-corrected chi connectivity index (χ3v) is 2.72. The van der Waals surface area contributed by atoms with Gasteiger partial charge in [0.1, 0.15) is 5.75 Å². The number of hydrogen-bond acceptors (Lipinski definition) is 2. The van der Waals surface area contributed by atoms with E-state index in [4.69, 9.17) is 0 Å². The van der Waals surface area contributed by atoms with Crippen LogP contribution in [-0.2, 0) is 0 Å². The number of halogens is 2. The molecule has 0 radical (unpaired) electrons. The van der Waals surface area contributed by atoms with Crippen molar-refractivity contribution in [3.8, 4) is 5.75 Å². The van der Waals surface area contributed by atoms with E-state index >= 15 is 0 Å². The molecular formula is C14H19F2NO2. The lowest BCUT2D eigenvalue weighted by Gasteiger charge is -2.19. The number of rotatable bonds is 6. The number of nitrogens with zero attached hydrogens (tertiary/aromatic N) is 1. The van der Waals surface area contributed by atoms with Crippen LogP contribution in [0.15, 0.2) is 24.3 Å². The fraction of sp³-hybridized carbons (Fsp3) is 0.500. The van der Waals surface area contributed by atoms with Gasteiger partial charge in [0.2, 0.25) is 0 Å². The lowest BCUT2D eigenvalue weighted by molar-refractivity contribution is -0.0502. The van der Waals surface area contributed by atoms with E-state index in [0.717, 1.165) is 6.42 Å². The highest BCUT2D eigenvalue weighted by Crippen LogP contribution is 2.21. The molecule has 1 amide bonds. The van der Waals surface area contributed by atoms with Crippen molar-refractivity contribution in [1.82, 2.24) is 4.90 Å². The fourth-order valence-corrected chi connectivity index (χ4v) is 1.60. The Balaban J connectivity index is 2.80. The van der Waals surface area contributed by atoms with E-state index in [-0.39, 0.29) is 17.2 Å². The summed E-state index contributed by atoms with van der Waals surface area (Å²) in [4.78, 5) is 13.7. The van der Waals surface area contributed by atoms with Crippen LogP contribution in [0.4, 0.5) is 8.78 Å². The van der Waals surface area contributed by atoms with Crippen LogP contribution in [0.2, 0.25) is 0 Å². The quantitative estimate of drug-likeness (QED) is 0.793. The first-order chi connectivity index (χ1) is 8.91. The molecule has 0 saturated heterocycles. The average Bonchev–Trinajstić information content (AvgIpc) is 2.35. The Morgan fingerprint density at radius 2 is 1.95 bits per heavy atom. The molecule has 3 nitrogen and oxygen atoms in total. The van der Waals surface area contributed by atoms with Crippen molar-refractivity contribution < 1.29 is 18.3 Å². The van der Waals surface area contributed by atoms with Gasteiger partial charge in [-0.25, -0.2) is 0 Å². The largest absolute Gasteiger partial charge is 0.434 e. The van der Waals surface area contributed by atoms with Crippen LogP contribution in [0.25, 0.3) is 0 Å². The van der Waals surface area contributed by atoms with E-state index in [1.165, 1.54) is 17.0 Å². The highest BCUT2D eigenvalue weighted by Gasteiger charge is 2.18. The predicted molar refractivity (Wildman–Crippen MR) is 69.5 cm³/mol. The van der Waals surface area contributed by atoms with Crippen molar-refractivity contribution in [2.75, 3.05) is 13.6 Å². The molecule has 0 saturated carbocycles. The third kappa shape index (κ3) is 4.85. The number of amides is 1. The van der Waals surface area contributed by atoms with E-state index in [2.05, 4.69) is 18.6 Å². The summed E-state index contributed by atoms with van der Waals surface area (Å²) in [6.45, 7) is 1.77. The van der Waals surface area contributed by atoms with Crippen LogP contribution in [0.3, 0.4) is 0 Å². The predicted octanol–water partition coefficient (Wildman–Crippen LogP) is 3.41. The topological polar surface area (TPSA) is 29.5 Å². The maximum Gasteiger partial charge on any atom is 0.387 e. The zero-order valence-corrected chi connectivity index (χ0v) is 11.4. The second-order valence-electron chi connectivity index (χ2n) is 4.78. The molecule has 0 bridgehead atoms. The lowest BCUT2D eigenvalue weighted by Crippen LogP contribution is -2.29. The summed E-state index contributed by atoms with van der Waals surface area (Å²) >= 11 is 0. The summed E-state index contributed by atoms with van der Waals surface area (Å²) in [6.07, 6.45) is 0.861. The first-order valence-electron chi connectivity index (χ1n) is 6.21. The molecule has 0 aliphatic heterocycles.